The molecule has 7 nitrogen and oxygen atoms in total. The highest BCUT2D eigenvalue weighted by Gasteiger charge is 2.25. The Hall–Kier alpha value is -3.22. The number of hydrogen-bond donors (Lipinski definition) is 1. The van der Waals surface area contributed by atoms with Crippen LogP contribution in [-0.4, -0.2) is 32.6 Å². The van der Waals surface area contributed by atoms with Crippen molar-refractivity contribution in [3.63, 3.8) is 0 Å². The van der Waals surface area contributed by atoms with Gasteiger partial charge in [-0.15, -0.1) is 0 Å². The Bertz CT molecular complexity index is 951. The van der Waals surface area contributed by atoms with Crippen LogP contribution in [0.3, 0.4) is 0 Å². The zero-order chi connectivity index (χ0) is 16.6. The number of rotatable bonds is 2. The fourth-order valence-electron chi connectivity index (χ4n) is 2.41. The second-order valence-corrected chi connectivity index (χ2v) is 5.03. The normalized spacial score (nSPS) is 10.7. The number of aromatic hydroxyl groups is 1. The van der Waals surface area contributed by atoms with Gasteiger partial charge in [0.15, 0.2) is 5.82 Å². The van der Waals surface area contributed by atoms with E-state index >= 15 is 0 Å². The van der Waals surface area contributed by atoms with Gasteiger partial charge >= 0.3 is 0 Å². The molecule has 0 spiro atoms. The molecule has 3 aromatic rings. The monoisotopic (exact) mass is 310 g/mol. The molecule has 1 N–H and O–H groups in total. The highest BCUT2D eigenvalue weighted by molar-refractivity contribution is 6.09. The van der Waals surface area contributed by atoms with Crippen molar-refractivity contribution in [1.29, 1.82) is 0 Å². The van der Waals surface area contributed by atoms with Gasteiger partial charge in [-0.05, 0) is 12.1 Å². The quantitative estimate of drug-likeness (QED) is 0.771. The SMILES string of the molecule is CN(C(=O)c1c(O)c2ccccc2n(C)c1=O)c1cnccn1. The van der Waals surface area contributed by atoms with Gasteiger partial charge in [0.2, 0.25) is 0 Å². The fraction of sp³-hybridized carbons (Fsp3) is 0.125. The van der Waals surface area contributed by atoms with Crippen molar-refractivity contribution in [2.24, 2.45) is 7.05 Å². The summed E-state index contributed by atoms with van der Waals surface area (Å²) in [6.07, 6.45) is 4.33. The van der Waals surface area contributed by atoms with E-state index in [1.54, 1.807) is 31.3 Å². The number of para-hydroxylation sites is 1. The summed E-state index contributed by atoms with van der Waals surface area (Å²) in [5.74, 6) is -0.689. The lowest BCUT2D eigenvalue weighted by Crippen LogP contribution is -2.34. The van der Waals surface area contributed by atoms with Gasteiger partial charge in [0, 0.05) is 31.9 Å². The average Bonchev–Trinajstić information content (AvgIpc) is 2.60. The number of anilines is 1. The van der Waals surface area contributed by atoms with E-state index < -0.39 is 11.5 Å². The van der Waals surface area contributed by atoms with E-state index in [0.29, 0.717) is 10.9 Å². The van der Waals surface area contributed by atoms with E-state index in [2.05, 4.69) is 9.97 Å². The van der Waals surface area contributed by atoms with Crippen molar-refractivity contribution in [2.45, 2.75) is 0 Å². The van der Waals surface area contributed by atoms with E-state index in [1.165, 1.54) is 35.1 Å². The van der Waals surface area contributed by atoms with Gasteiger partial charge in [0.1, 0.15) is 11.3 Å². The van der Waals surface area contributed by atoms with Crippen molar-refractivity contribution in [1.82, 2.24) is 14.5 Å². The summed E-state index contributed by atoms with van der Waals surface area (Å²) < 4.78 is 1.34. The summed E-state index contributed by atoms with van der Waals surface area (Å²) >= 11 is 0. The van der Waals surface area contributed by atoms with Gasteiger partial charge in [-0.3, -0.25) is 19.5 Å². The number of aromatic nitrogens is 3. The van der Waals surface area contributed by atoms with Gasteiger partial charge in [0.25, 0.3) is 11.5 Å². The number of nitrogens with zero attached hydrogens (tertiary/aromatic N) is 4. The van der Waals surface area contributed by atoms with Gasteiger partial charge in [0.05, 0.1) is 11.7 Å². The molecule has 0 saturated heterocycles. The molecule has 0 aliphatic rings. The van der Waals surface area contributed by atoms with E-state index in [-0.39, 0.29) is 17.1 Å². The number of pyridine rings is 1. The minimum atomic E-state index is -0.644. The van der Waals surface area contributed by atoms with E-state index in [0.717, 1.165) is 0 Å². The standard InChI is InChI=1S/C16H14N4O3/c1-19-11-6-4-3-5-10(11)14(21)13(15(19)22)16(23)20(2)12-9-17-7-8-18-12/h3-9,21H,1-2H3. The lowest BCUT2D eigenvalue weighted by Gasteiger charge is -2.17. The fourth-order valence-corrected chi connectivity index (χ4v) is 2.41. The maximum atomic E-state index is 12.7. The number of carbonyl (C=O) groups is 1. The van der Waals surface area contributed by atoms with Crippen molar-refractivity contribution in [3.05, 3.63) is 58.8 Å². The minimum Gasteiger partial charge on any atom is -0.506 e. The predicted molar refractivity (Wildman–Crippen MR) is 85.6 cm³/mol. The highest BCUT2D eigenvalue weighted by atomic mass is 16.3. The first-order chi connectivity index (χ1) is 11.0. The van der Waals surface area contributed by atoms with Crippen LogP contribution < -0.4 is 10.5 Å². The minimum absolute atomic E-state index is 0.284. The average molecular weight is 310 g/mol. The molecule has 0 radical (unpaired) electrons. The molecule has 7 heteroatoms. The summed E-state index contributed by atoms with van der Waals surface area (Å²) in [4.78, 5) is 34.3. The summed E-state index contributed by atoms with van der Waals surface area (Å²) in [6.45, 7) is 0. The van der Waals surface area contributed by atoms with E-state index in [4.69, 9.17) is 0 Å². The summed E-state index contributed by atoms with van der Waals surface area (Å²) in [7, 11) is 3.03. The molecule has 1 amide bonds. The van der Waals surface area contributed by atoms with Crippen LogP contribution >= 0.6 is 0 Å². The number of carbonyl (C=O) groups excluding carboxylic acids is 1. The second kappa shape index (κ2) is 5.53. The Balaban J connectivity index is 2.20. The van der Waals surface area contributed by atoms with Crippen molar-refractivity contribution < 1.29 is 9.90 Å². The summed E-state index contributed by atoms with van der Waals surface area (Å²) in [5.41, 5.74) is -0.310. The Kier molecular flexibility index (Phi) is 3.53. The van der Waals surface area contributed by atoms with Crippen LogP contribution in [0.15, 0.2) is 47.7 Å². The third kappa shape index (κ3) is 2.32. The van der Waals surface area contributed by atoms with Crippen LogP contribution in [0.2, 0.25) is 0 Å². The molecule has 3 rings (SSSR count). The van der Waals surface area contributed by atoms with Crippen LogP contribution in [0.4, 0.5) is 5.82 Å². The lowest BCUT2D eigenvalue weighted by atomic mass is 10.1. The molecule has 116 valence electrons. The number of amides is 1. The van der Waals surface area contributed by atoms with Crippen LogP contribution in [0.25, 0.3) is 10.9 Å². The first-order valence-electron chi connectivity index (χ1n) is 6.87. The maximum absolute atomic E-state index is 12.7. The Morgan fingerprint density at radius 3 is 2.70 bits per heavy atom. The van der Waals surface area contributed by atoms with Gasteiger partial charge < -0.3 is 9.67 Å². The first-order valence-corrected chi connectivity index (χ1v) is 6.87. The third-order valence-corrected chi connectivity index (χ3v) is 3.69. The number of hydrogen-bond acceptors (Lipinski definition) is 5. The molecule has 0 aliphatic heterocycles. The molecule has 0 aliphatic carbocycles. The van der Waals surface area contributed by atoms with Crippen LogP contribution in [0.5, 0.6) is 5.75 Å². The number of benzene rings is 1. The zero-order valence-electron chi connectivity index (χ0n) is 12.6. The molecule has 0 saturated carbocycles. The Labute approximate surface area is 131 Å². The van der Waals surface area contributed by atoms with Gasteiger partial charge in [-0.2, -0.15) is 0 Å². The topological polar surface area (TPSA) is 88.3 Å². The molecular formula is C16H14N4O3. The molecule has 0 unspecified atom stereocenters. The lowest BCUT2D eigenvalue weighted by molar-refractivity contribution is 0.0988. The maximum Gasteiger partial charge on any atom is 0.268 e. The predicted octanol–water partition coefficient (Wildman–Crippen LogP) is 1.31. The van der Waals surface area contributed by atoms with Gasteiger partial charge in [-0.25, -0.2) is 4.98 Å². The Morgan fingerprint density at radius 2 is 2.00 bits per heavy atom. The smallest absolute Gasteiger partial charge is 0.268 e. The highest BCUT2D eigenvalue weighted by Crippen LogP contribution is 2.27. The zero-order valence-corrected chi connectivity index (χ0v) is 12.6. The van der Waals surface area contributed by atoms with E-state index in [1.807, 2.05) is 0 Å². The summed E-state index contributed by atoms with van der Waals surface area (Å²) in [5, 5.41) is 10.9. The molecule has 2 aromatic heterocycles. The summed E-state index contributed by atoms with van der Waals surface area (Å²) in [6, 6.07) is 6.85. The second-order valence-electron chi connectivity index (χ2n) is 5.03. The molecule has 23 heavy (non-hydrogen) atoms. The number of fused-ring (bicyclic) bond motifs is 1. The van der Waals surface area contributed by atoms with E-state index in [9.17, 15) is 14.7 Å². The molecular weight excluding hydrogens is 296 g/mol. The molecule has 0 fully saturated rings. The van der Waals surface area contributed by atoms with Crippen molar-refractivity contribution >= 4 is 22.6 Å². The van der Waals surface area contributed by atoms with Crippen LogP contribution in [-0.2, 0) is 7.05 Å². The van der Waals surface area contributed by atoms with Crippen molar-refractivity contribution in [2.75, 3.05) is 11.9 Å². The van der Waals surface area contributed by atoms with Gasteiger partial charge in [-0.1, -0.05) is 12.1 Å². The molecule has 0 bridgehead atoms. The Morgan fingerprint density at radius 1 is 1.26 bits per heavy atom. The third-order valence-electron chi connectivity index (χ3n) is 3.69. The van der Waals surface area contributed by atoms with Crippen LogP contribution in [0, 0.1) is 0 Å². The molecule has 2 heterocycles. The van der Waals surface area contributed by atoms with Crippen molar-refractivity contribution in [3.8, 4) is 5.75 Å². The van der Waals surface area contributed by atoms with Crippen LogP contribution in [0.1, 0.15) is 10.4 Å². The first kappa shape index (κ1) is 14.7. The molecule has 0 atom stereocenters. The number of aryl methyl sites for hydroxylation is 1. The molecule has 1 aromatic carbocycles. The largest absolute Gasteiger partial charge is 0.506 e.